The number of allylic oxidation sites excluding steroid dienone is 1. The van der Waals surface area contributed by atoms with Gasteiger partial charge in [-0.3, -0.25) is 9.78 Å². The summed E-state index contributed by atoms with van der Waals surface area (Å²) in [5.74, 6) is 1.52. The van der Waals surface area contributed by atoms with Gasteiger partial charge in [-0.1, -0.05) is 25.3 Å². The highest BCUT2D eigenvalue weighted by Crippen LogP contribution is 2.33. The van der Waals surface area contributed by atoms with Gasteiger partial charge in [-0.15, -0.1) is 0 Å². The van der Waals surface area contributed by atoms with Gasteiger partial charge in [-0.25, -0.2) is 14.5 Å². The van der Waals surface area contributed by atoms with E-state index in [0.717, 1.165) is 65.3 Å². The minimum Gasteiger partial charge on any atom is -0.320 e. The minimum absolute atomic E-state index is 0.209. The smallest absolute Gasteiger partial charge is 0.259 e. The third-order valence-electron chi connectivity index (χ3n) is 6.87. The lowest BCUT2D eigenvalue weighted by Crippen LogP contribution is -2.16. The van der Waals surface area contributed by atoms with Gasteiger partial charge in [0.15, 0.2) is 0 Å². The lowest BCUT2D eigenvalue weighted by atomic mass is 9.83. The number of anilines is 1. The van der Waals surface area contributed by atoms with Gasteiger partial charge in [0.2, 0.25) is 0 Å². The fourth-order valence-electron chi connectivity index (χ4n) is 4.78. The van der Waals surface area contributed by atoms with Gasteiger partial charge in [0.1, 0.15) is 5.82 Å². The first-order valence-corrected chi connectivity index (χ1v) is 12.0. The minimum atomic E-state index is -0.209. The number of amides is 1. The maximum absolute atomic E-state index is 13.0. The molecule has 1 saturated carbocycles. The molecule has 2 aliphatic rings. The van der Waals surface area contributed by atoms with E-state index in [1.807, 2.05) is 30.6 Å². The van der Waals surface area contributed by atoms with Crippen molar-refractivity contribution in [2.75, 3.05) is 5.32 Å². The first-order valence-electron chi connectivity index (χ1n) is 12.0. The van der Waals surface area contributed by atoms with Crippen LogP contribution in [0.15, 0.2) is 61.3 Å². The van der Waals surface area contributed by atoms with E-state index < -0.39 is 0 Å². The number of hydrogen-bond acceptors (Lipinski definition) is 5. The van der Waals surface area contributed by atoms with Crippen LogP contribution in [-0.2, 0) is 12.8 Å². The Bertz CT molecular complexity index is 1390. The molecule has 0 bridgehead atoms. The third-order valence-corrected chi connectivity index (χ3v) is 6.87. The van der Waals surface area contributed by atoms with E-state index in [1.165, 1.54) is 19.3 Å². The molecule has 7 nitrogen and oxygen atoms in total. The highest BCUT2D eigenvalue weighted by molar-refractivity contribution is 6.09. The zero-order valence-electron chi connectivity index (χ0n) is 18.9. The Hall–Kier alpha value is -3.87. The summed E-state index contributed by atoms with van der Waals surface area (Å²) in [5, 5.41) is 7.28. The van der Waals surface area contributed by atoms with Crippen molar-refractivity contribution in [3.8, 4) is 0 Å². The molecule has 4 heterocycles. The fraction of sp³-hybridized carbons (Fsp3) is 0.296. The van der Waals surface area contributed by atoms with E-state index in [1.54, 1.807) is 29.2 Å². The number of carbonyl (C=O) groups excluding carboxylic acids is 1. The van der Waals surface area contributed by atoms with Crippen molar-refractivity contribution >= 4 is 22.7 Å². The maximum atomic E-state index is 13.0. The Morgan fingerprint density at radius 1 is 1.15 bits per heavy atom. The van der Waals surface area contributed by atoms with Crippen LogP contribution in [0.2, 0.25) is 0 Å². The zero-order valence-corrected chi connectivity index (χ0v) is 18.9. The van der Waals surface area contributed by atoms with Crippen LogP contribution in [0.5, 0.6) is 0 Å². The van der Waals surface area contributed by atoms with Crippen LogP contribution in [0, 0.1) is 5.92 Å². The molecular formula is C27H26N6O. The lowest BCUT2D eigenvalue weighted by molar-refractivity contribution is 0.102. The Morgan fingerprint density at radius 3 is 2.91 bits per heavy atom. The summed E-state index contributed by atoms with van der Waals surface area (Å²) in [6.45, 7) is 0. The highest BCUT2D eigenvalue weighted by atomic mass is 16.1. The van der Waals surface area contributed by atoms with Gasteiger partial charge in [0, 0.05) is 30.6 Å². The van der Waals surface area contributed by atoms with E-state index in [4.69, 9.17) is 9.97 Å². The monoisotopic (exact) mass is 450 g/mol. The van der Waals surface area contributed by atoms with Gasteiger partial charge in [-0.05, 0) is 60.6 Å². The second-order valence-corrected chi connectivity index (χ2v) is 9.16. The van der Waals surface area contributed by atoms with Crippen molar-refractivity contribution in [3.63, 3.8) is 0 Å². The Balaban J connectivity index is 1.33. The summed E-state index contributed by atoms with van der Waals surface area (Å²) in [5.41, 5.74) is 6.33. The van der Waals surface area contributed by atoms with Gasteiger partial charge < -0.3 is 5.32 Å². The van der Waals surface area contributed by atoms with E-state index >= 15 is 0 Å². The predicted octanol–water partition coefficient (Wildman–Crippen LogP) is 4.88. The van der Waals surface area contributed by atoms with E-state index in [0.29, 0.717) is 11.3 Å². The van der Waals surface area contributed by atoms with Crippen LogP contribution in [0.25, 0.3) is 11.1 Å². The molecule has 34 heavy (non-hydrogen) atoms. The quantitative estimate of drug-likeness (QED) is 0.468. The SMILES string of the molecule is O=C(Nc1cccnc1)c1cnn2ccc(C3=CCCCc4nc(CC5CCC5)ncc43)cc12. The number of carbonyl (C=O) groups is 1. The fourth-order valence-corrected chi connectivity index (χ4v) is 4.78. The molecule has 0 aliphatic heterocycles. The third kappa shape index (κ3) is 3.98. The molecule has 1 fully saturated rings. The second kappa shape index (κ2) is 8.82. The average molecular weight is 451 g/mol. The van der Waals surface area contributed by atoms with E-state index in [2.05, 4.69) is 21.5 Å². The number of rotatable bonds is 5. The average Bonchev–Trinajstić information content (AvgIpc) is 3.14. The Labute approximate surface area is 198 Å². The van der Waals surface area contributed by atoms with Crippen molar-refractivity contribution < 1.29 is 4.79 Å². The molecular weight excluding hydrogens is 424 g/mol. The zero-order chi connectivity index (χ0) is 22.9. The summed E-state index contributed by atoms with van der Waals surface area (Å²) in [7, 11) is 0. The predicted molar refractivity (Wildman–Crippen MR) is 130 cm³/mol. The van der Waals surface area contributed by atoms with Gasteiger partial charge >= 0.3 is 0 Å². The molecule has 7 heteroatoms. The molecule has 1 amide bonds. The number of nitrogens with one attached hydrogen (secondary N) is 1. The molecule has 0 unspecified atom stereocenters. The topological polar surface area (TPSA) is 85.1 Å². The molecule has 0 aromatic carbocycles. The summed E-state index contributed by atoms with van der Waals surface area (Å²) in [6.07, 6.45) is 19.0. The molecule has 6 rings (SSSR count). The molecule has 0 radical (unpaired) electrons. The van der Waals surface area contributed by atoms with E-state index in [9.17, 15) is 4.79 Å². The maximum Gasteiger partial charge on any atom is 0.259 e. The summed E-state index contributed by atoms with van der Waals surface area (Å²) < 4.78 is 1.73. The van der Waals surface area contributed by atoms with Crippen molar-refractivity contribution in [1.29, 1.82) is 0 Å². The van der Waals surface area contributed by atoms with Gasteiger partial charge in [0.05, 0.1) is 34.9 Å². The molecule has 4 aromatic rings. The van der Waals surface area contributed by atoms with Crippen molar-refractivity contribution in [2.24, 2.45) is 5.92 Å². The van der Waals surface area contributed by atoms with Crippen molar-refractivity contribution in [2.45, 2.75) is 44.9 Å². The molecule has 1 N–H and O–H groups in total. The van der Waals surface area contributed by atoms with Gasteiger partial charge in [0.25, 0.3) is 5.91 Å². The standard InChI is InChI=1S/C27H26N6O/c34-27(31-20-7-4-11-28-15-20)23-17-30-33-12-10-19(14-25(23)33)21-8-1-2-9-24-22(21)16-29-26(32-24)13-18-5-3-6-18/h4,7-8,10-12,14-18H,1-3,5-6,9,13H2,(H,31,34). The molecule has 2 aliphatic carbocycles. The molecule has 0 atom stereocenters. The first-order chi connectivity index (χ1) is 16.7. The van der Waals surface area contributed by atoms with Crippen molar-refractivity contribution in [3.05, 3.63) is 89.5 Å². The van der Waals surface area contributed by atoms with Gasteiger partial charge in [-0.2, -0.15) is 5.10 Å². The molecule has 0 spiro atoms. The van der Waals surface area contributed by atoms with Crippen LogP contribution in [0.4, 0.5) is 5.69 Å². The molecule has 170 valence electrons. The molecule has 0 saturated heterocycles. The normalized spacial score (nSPS) is 15.8. The van der Waals surface area contributed by atoms with E-state index in [-0.39, 0.29) is 5.91 Å². The number of pyridine rings is 2. The number of nitrogens with zero attached hydrogens (tertiary/aromatic N) is 5. The first kappa shape index (κ1) is 20.7. The lowest BCUT2D eigenvalue weighted by Gasteiger charge is -2.24. The van der Waals surface area contributed by atoms with Crippen LogP contribution < -0.4 is 5.32 Å². The Morgan fingerprint density at radius 2 is 2.09 bits per heavy atom. The number of aromatic nitrogens is 5. The number of hydrogen-bond donors (Lipinski definition) is 1. The van der Waals surface area contributed by atoms with Crippen LogP contribution >= 0.6 is 0 Å². The largest absolute Gasteiger partial charge is 0.320 e. The summed E-state index contributed by atoms with van der Waals surface area (Å²) in [4.78, 5) is 26.7. The Kier molecular flexibility index (Phi) is 5.37. The highest BCUT2D eigenvalue weighted by Gasteiger charge is 2.22. The number of fused-ring (bicyclic) bond motifs is 2. The number of aryl methyl sites for hydroxylation is 1. The van der Waals surface area contributed by atoms with Crippen LogP contribution in [-0.4, -0.2) is 30.5 Å². The second-order valence-electron chi connectivity index (χ2n) is 9.16. The van der Waals surface area contributed by atoms with Crippen LogP contribution in [0.3, 0.4) is 0 Å². The molecule has 4 aromatic heterocycles. The van der Waals surface area contributed by atoms with Crippen molar-refractivity contribution in [1.82, 2.24) is 24.6 Å². The summed E-state index contributed by atoms with van der Waals surface area (Å²) >= 11 is 0. The van der Waals surface area contributed by atoms with Crippen LogP contribution in [0.1, 0.15) is 65.1 Å². The summed E-state index contributed by atoms with van der Waals surface area (Å²) in [6, 6.07) is 7.69.